The van der Waals surface area contributed by atoms with Crippen LogP contribution < -0.4 is 4.74 Å². The molecule has 4 rings (SSSR count). The van der Waals surface area contributed by atoms with Gasteiger partial charge in [-0.25, -0.2) is 8.42 Å². The van der Waals surface area contributed by atoms with Gasteiger partial charge in [0.05, 0.1) is 9.77 Å². The van der Waals surface area contributed by atoms with Crippen LogP contribution in [0.15, 0.2) is 58.8 Å². The second-order valence-electron chi connectivity index (χ2n) is 8.32. The summed E-state index contributed by atoms with van der Waals surface area (Å²) in [5.41, 5.74) is 4.25. The van der Waals surface area contributed by atoms with Crippen LogP contribution >= 0.6 is 11.3 Å². The molecule has 0 radical (unpaired) electrons. The molecule has 2 heterocycles. The maximum atomic E-state index is 13.0. The Morgan fingerprint density at radius 3 is 2.39 bits per heavy atom. The van der Waals surface area contributed by atoms with Crippen molar-refractivity contribution >= 4 is 27.3 Å². The Kier molecular flexibility index (Phi) is 6.88. The Bertz CT molecular complexity index is 1240. The molecule has 0 unspecified atom stereocenters. The Balaban J connectivity index is 1.35. The van der Waals surface area contributed by atoms with Gasteiger partial charge in [0.1, 0.15) is 12.4 Å². The standard InChI is InChI=1S/C25H28N2O4S2/c1-18-7-9-22(10-8-18)33(29,30)27-13-11-26(12-14-27)25(28)24-15-21(17-32-24)16-31-23-6-4-5-19(2)20(23)3/h4-10,15,17H,11-14,16H2,1-3H3. The Labute approximate surface area is 199 Å². The molecule has 33 heavy (non-hydrogen) atoms. The van der Waals surface area contributed by atoms with E-state index in [1.807, 2.05) is 37.4 Å². The van der Waals surface area contributed by atoms with Gasteiger partial charge in [-0.3, -0.25) is 4.79 Å². The number of carbonyl (C=O) groups excluding carboxylic acids is 1. The average molecular weight is 485 g/mol. The molecule has 2 aromatic carbocycles. The summed E-state index contributed by atoms with van der Waals surface area (Å²) in [5, 5.41) is 1.94. The Hall–Kier alpha value is -2.68. The maximum absolute atomic E-state index is 13.0. The summed E-state index contributed by atoms with van der Waals surface area (Å²) in [5.74, 6) is 0.783. The van der Waals surface area contributed by atoms with Gasteiger partial charge in [-0.15, -0.1) is 11.3 Å². The van der Waals surface area contributed by atoms with E-state index in [9.17, 15) is 13.2 Å². The van der Waals surface area contributed by atoms with Crippen molar-refractivity contribution in [3.8, 4) is 5.75 Å². The molecule has 1 fully saturated rings. The summed E-state index contributed by atoms with van der Waals surface area (Å²) in [6.45, 7) is 7.72. The predicted octanol–water partition coefficient (Wildman–Crippen LogP) is 4.40. The lowest BCUT2D eigenvalue weighted by atomic mass is 10.1. The van der Waals surface area contributed by atoms with Gasteiger partial charge < -0.3 is 9.64 Å². The Morgan fingerprint density at radius 2 is 1.70 bits per heavy atom. The molecule has 1 aliphatic rings. The normalized spacial score (nSPS) is 14.9. The van der Waals surface area contributed by atoms with Crippen molar-refractivity contribution in [2.24, 2.45) is 0 Å². The van der Waals surface area contributed by atoms with E-state index in [-0.39, 0.29) is 19.0 Å². The highest BCUT2D eigenvalue weighted by Crippen LogP contribution is 2.24. The first-order chi connectivity index (χ1) is 15.8. The van der Waals surface area contributed by atoms with Crippen LogP contribution in [0.25, 0.3) is 0 Å². The van der Waals surface area contributed by atoms with Crippen LogP contribution in [0.2, 0.25) is 0 Å². The van der Waals surface area contributed by atoms with E-state index in [2.05, 4.69) is 13.0 Å². The van der Waals surface area contributed by atoms with E-state index in [1.165, 1.54) is 21.2 Å². The minimum Gasteiger partial charge on any atom is -0.489 e. The van der Waals surface area contributed by atoms with Gasteiger partial charge >= 0.3 is 0 Å². The van der Waals surface area contributed by atoms with Crippen LogP contribution in [0.4, 0.5) is 0 Å². The highest BCUT2D eigenvalue weighted by molar-refractivity contribution is 7.89. The van der Waals surface area contributed by atoms with E-state index in [0.29, 0.717) is 29.5 Å². The highest BCUT2D eigenvalue weighted by Gasteiger charge is 2.30. The molecule has 0 bridgehead atoms. The van der Waals surface area contributed by atoms with Gasteiger partial charge in [-0.2, -0.15) is 4.31 Å². The first kappa shape index (κ1) is 23.5. The SMILES string of the molecule is Cc1ccc(S(=O)(=O)N2CCN(C(=O)c3cc(COc4cccc(C)c4C)cs3)CC2)cc1. The van der Waals surface area contributed by atoms with Crippen molar-refractivity contribution in [1.82, 2.24) is 9.21 Å². The van der Waals surface area contributed by atoms with Gasteiger partial charge in [0.25, 0.3) is 5.91 Å². The first-order valence-corrected chi connectivity index (χ1v) is 13.2. The van der Waals surface area contributed by atoms with E-state index in [4.69, 9.17) is 4.74 Å². The molecule has 174 valence electrons. The zero-order valence-corrected chi connectivity index (χ0v) is 20.7. The fourth-order valence-electron chi connectivity index (χ4n) is 3.75. The molecule has 0 saturated carbocycles. The molecule has 1 saturated heterocycles. The fourth-order valence-corrected chi connectivity index (χ4v) is 6.04. The summed E-state index contributed by atoms with van der Waals surface area (Å²) in [7, 11) is -3.55. The van der Waals surface area contributed by atoms with Crippen LogP contribution in [0.5, 0.6) is 5.75 Å². The van der Waals surface area contributed by atoms with Gasteiger partial charge in [0, 0.05) is 31.7 Å². The molecule has 0 spiro atoms. The van der Waals surface area contributed by atoms with E-state index < -0.39 is 10.0 Å². The fraction of sp³-hybridized carbons (Fsp3) is 0.320. The summed E-state index contributed by atoms with van der Waals surface area (Å²) >= 11 is 1.40. The third kappa shape index (κ3) is 5.13. The first-order valence-electron chi connectivity index (χ1n) is 10.9. The van der Waals surface area contributed by atoms with E-state index in [0.717, 1.165) is 22.4 Å². The largest absolute Gasteiger partial charge is 0.489 e. The number of amides is 1. The van der Waals surface area contributed by atoms with Gasteiger partial charge in [-0.1, -0.05) is 29.8 Å². The lowest BCUT2D eigenvalue weighted by molar-refractivity contribution is 0.0702. The van der Waals surface area contributed by atoms with Gasteiger partial charge in [-0.05, 0) is 61.5 Å². The molecule has 6 nitrogen and oxygen atoms in total. The van der Waals surface area contributed by atoms with Crippen molar-refractivity contribution < 1.29 is 17.9 Å². The zero-order valence-electron chi connectivity index (χ0n) is 19.1. The number of aryl methyl sites for hydroxylation is 2. The lowest BCUT2D eigenvalue weighted by Crippen LogP contribution is -2.50. The maximum Gasteiger partial charge on any atom is 0.264 e. The Morgan fingerprint density at radius 1 is 1.00 bits per heavy atom. The number of benzene rings is 2. The monoisotopic (exact) mass is 484 g/mol. The van der Waals surface area contributed by atoms with E-state index >= 15 is 0 Å². The van der Waals surface area contributed by atoms with Crippen molar-refractivity contribution in [3.63, 3.8) is 0 Å². The second kappa shape index (κ2) is 9.67. The number of thiophene rings is 1. The smallest absolute Gasteiger partial charge is 0.264 e. The topological polar surface area (TPSA) is 66.9 Å². The minimum atomic E-state index is -3.55. The van der Waals surface area contributed by atoms with Crippen LogP contribution in [0.1, 0.15) is 31.9 Å². The average Bonchev–Trinajstić information content (AvgIpc) is 3.29. The van der Waals surface area contributed by atoms with Crippen molar-refractivity contribution in [2.75, 3.05) is 26.2 Å². The van der Waals surface area contributed by atoms with E-state index in [1.54, 1.807) is 29.2 Å². The number of carbonyl (C=O) groups is 1. The highest BCUT2D eigenvalue weighted by atomic mass is 32.2. The van der Waals surface area contributed by atoms with Gasteiger partial charge in [0.15, 0.2) is 0 Å². The summed E-state index contributed by atoms with van der Waals surface area (Å²) in [6.07, 6.45) is 0. The number of nitrogens with zero attached hydrogens (tertiary/aromatic N) is 2. The molecular formula is C25H28N2O4S2. The summed E-state index contributed by atoms with van der Waals surface area (Å²) in [6, 6.07) is 14.7. The lowest BCUT2D eigenvalue weighted by Gasteiger charge is -2.33. The molecular weight excluding hydrogens is 456 g/mol. The van der Waals surface area contributed by atoms with Crippen LogP contribution in [-0.4, -0.2) is 49.7 Å². The quantitative estimate of drug-likeness (QED) is 0.520. The summed E-state index contributed by atoms with van der Waals surface area (Å²) in [4.78, 5) is 15.6. The number of sulfonamides is 1. The molecule has 3 aromatic rings. The number of rotatable bonds is 6. The molecule has 8 heteroatoms. The number of hydrogen-bond acceptors (Lipinski definition) is 5. The number of hydrogen-bond donors (Lipinski definition) is 0. The second-order valence-corrected chi connectivity index (χ2v) is 11.2. The van der Waals surface area contributed by atoms with Crippen molar-refractivity contribution in [2.45, 2.75) is 32.3 Å². The summed E-state index contributed by atoms with van der Waals surface area (Å²) < 4.78 is 33.2. The molecule has 1 aliphatic heterocycles. The van der Waals surface area contributed by atoms with Crippen LogP contribution in [0, 0.1) is 20.8 Å². The molecule has 0 N–H and O–H groups in total. The van der Waals surface area contributed by atoms with Crippen LogP contribution in [-0.2, 0) is 16.6 Å². The molecule has 1 aromatic heterocycles. The van der Waals surface area contributed by atoms with Crippen molar-refractivity contribution in [3.05, 3.63) is 81.0 Å². The third-order valence-electron chi connectivity index (χ3n) is 6.00. The van der Waals surface area contributed by atoms with Gasteiger partial charge in [0.2, 0.25) is 10.0 Å². The number of piperazine rings is 1. The number of ether oxygens (including phenoxy) is 1. The van der Waals surface area contributed by atoms with Crippen molar-refractivity contribution in [1.29, 1.82) is 0 Å². The predicted molar refractivity (Wildman–Crippen MR) is 130 cm³/mol. The zero-order chi connectivity index (χ0) is 23.6. The third-order valence-corrected chi connectivity index (χ3v) is 8.88. The molecule has 0 atom stereocenters. The molecule has 1 amide bonds. The molecule has 0 aliphatic carbocycles. The minimum absolute atomic E-state index is 0.0645. The van der Waals surface area contributed by atoms with Crippen LogP contribution in [0.3, 0.4) is 0 Å².